The number of allylic oxidation sites excluding steroid dienone is 2. The van der Waals surface area contributed by atoms with Gasteiger partial charge in [-0.3, -0.25) is 9.59 Å². The third-order valence-corrected chi connectivity index (χ3v) is 4.55. The van der Waals surface area contributed by atoms with Crippen LogP contribution in [0.25, 0.3) is 0 Å². The Morgan fingerprint density at radius 1 is 1.12 bits per heavy atom. The largest absolute Gasteiger partial charge is 0.481 e. The fourth-order valence-corrected chi connectivity index (χ4v) is 3.07. The van der Waals surface area contributed by atoms with Crippen molar-refractivity contribution < 1.29 is 19.8 Å². The van der Waals surface area contributed by atoms with E-state index in [1.807, 2.05) is 6.08 Å². The second-order valence-corrected chi connectivity index (χ2v) is 6.56. The summed E-state index contributed by atoms with van der Waals surface area (Å²) in [5.74, 6) is 5.73. The Morgan fingerprint density at radius 3 is 2.62 bits per heavy atom. The highest BCUT2D eigenvalue weighted by Crippen LogP contribution is 2.35. The molecule has 0 aromatic carbocycles. The molecule has 3 atom stereocenters. The molecule has 2 N–H and O–H groups in total. The molecule has 1 saturated carbocycles. The minimum absolute atomic E-state index is 0.0802. The molecule has 1 fully saturated rings. The number of hydrogen-bond acceptors (Lipinski definition) is 3. The molecule has 24 heavy (non-hydrogen) atoms. The van der Waals surface area contributed by atoms with Gasteiger partial charge in [0.05, 0.1) is 6.10 Å². The van der Waals surface area contributed by atoms with Crippen LogP contribution in [-0.4, -0.2) is 28.1 Å². The third kappa shape index (κ3) is 8.31. The summed E-state index contributed by atoms with van der Waals surface area (Å²) in [6, 6.07) is 0. The lowest BCUT2D eigenvalue weighted by Gasteiger charge is -2.16. The van der Waals surface area contributed by atoms with E-state index in [0.29, 0.717) is 25.7 Å². The van der Waals surface area contributed by atoms with Crippen LogP contribution in [0.2, 0.25) is 0 Å². The van der Waals surface area contributed by atoms with Gasteiger partial charge >= 0.3 is 5.97 Å². The van der Waals surface area contributed by atoms with Crippen LogP contribution < -0.4 is 0 Å². The van der Waals surface area contributed by atoms with Crippen molar-refractivity contribution in [2.24, 2.45) is 11.8 Å². The minimum Gasteiger partial charge on any atom is -0.481 e. The number of rotatable bonds is 10. The lowest BCUT2D eigenvalue weighted by molar-refractivity contribution is -0.137. The SMILES string of the molecule is CCCCCC(=O)C=CC1CCC(O)C1CC#CCCCC(=O)O. The van der Waals surface area contributed by atoms with E-state index in [-0.39, 0.29) is 30.1 Å². The van der Waals surface area contributed by atoms with Gasteiger partial charge in [0, 0.05) is 31.6 Å². The van der Waals surface area contributed by atoms with Crippen LogP contribution >= 0.6 is 0 Å². The molecule has 0 aromatic heterocycles. The van der Waals surface area contributed by atoms with E-state index in [9.17, 15) is 14.7 Å². The maximum Gasteiger partial charge on any atom is 0.303 e. The molecule has 0 heterocycles. The zero-order valence-corrected chi connectivity index (χ0v) is 14.7. The monoisotopic (exact) mass is 334 g/mol. The summed E-state index contributed by atoms with van der Waals surface area (Å²) < 4.78 is 0. The van der Waals surface area contributed by atoms with Gasteiger partial charge in [-0.2, -0.15) is 0 Å². The lowest BCUT2D eigenvalue weighted by atomic mass is 9.91. The van der Waals surface area contributed by atoms with E-state index < -0.39 is 5.97 Å². The number of carboxylic acid groups (broad SMARTS) is 1. The number of ketones is 1. The summed E-state index contributed by atoms with van der Waals surface area (Å²) in [5.41, 5.74) is 0. The van der Waals surface area contributed by atoms with Gasteiger partial charge in [-0.15, -0.1) is 11.8 Å². The molecule has 0 aliphatic heterocycles. The van der Waals surface area contributed by atoms with Crippen LogP contribution in [0.1, 0.15) is 71.1 Å². The van der Waals surface area contributed by atoms with Gasteiger partial charge in [0.2, 0.25) is 0 Å². The zero-order chi connectivity index (χ0) is 17.8. The van der Waals surface area contributed by atoms with Gasteiger partial charge in [-0.05, 0) is 37.7 Å². The smallest absolute Gasteiger partial charge is 0.303 e. The molecule has 4 heteroatoms. The average Bonchev–Trinajstić information content (AvgIpc) is 2.89. The van der Waals surface area contributed by atoms with Gasteiger partial charge < -0.3 is 10.2 Å². The maximum atomic E-state index is 11.8. The fourth-order valence-electron chi connectivity index (χ4n) is 3.07. The third-order valence-electron chi connectivity index (χ3n) is 4.55. The summed E-state index contributed by atoms with van der Waals surface area (Å²) in [4.78, 5) is 22.2. The van der Waals surface area contributed by atoms with Crippen LogP contribution in [0.5, 0.6) is 0 Å². The van der Waals surface area contributed by atoms with Gasteiger partial charge in [-0.1, -0.05) is 25.8 Å². The first-order valence-corrected chi connectivity index (χ1v) is 9.11. The normalized spacial score (nSPS) is 23.2. The quantitative estimate of drug-likeness (QED) is 0.363. The molecule has 1 rings (SSSR count). The molecule has 3 unspecified atom stereocenters. The molecule has 4 nitrogen and oxygen atoms in total. The first-order valence-electron chi connectivity index (χ1n) is 9.11. The molecule has 134 valence electrons. The molecule has 0 saturated heterocycles. The highest BCUT2D eigenvalue weighted by atomic mass is 16.4. The van der Waals surface area contributed by atoms with E-state index in [2.05, 4.69) is 18.8 Å². The first kappa shape index (κ1) is 20.4. The number of carbonyl (C=O) groups is 2. The molecular weight excluding hydrogens is 304 g/mol. The second-order valence-electron chi connectivity index (χ2n) is 6.56. The Morgan fingerprint density at radius 2 is 1.92 bits per heavy atom. The van der Waals surface area contributed by atoms with E-state index in [4.69, 9.17) is 5.11 Å². The number of aliphatic hydroxyl groups excluding tert-OH is 1. The molecule has 1 aliphatic carbocycles. The average molecular weight is 334 g/mol. The van der Waals surface area contributed by atoms with Crippen molar-refractivity contribution in [3.05, 3.63) is 12.2 Å². The molecular formula is C20H30O4. The lowest BCUT2D eigenvalue weighted by Crippen LogP contribution is -2.17. The van der Waals surface area contributed by atoms with E-state index in [0.717, 1.165) is 32.1 Å². The molecule has 1 aliphatic rings. The Hall–Kier alpha value is -1.60. The Labute approximate surface area is 145 Å². The Kier molecular flexibility index (Phi) is 10.1. The molecule has 0 radical (unpaired) electrons. The summed E-state index contributed by atoms with van der Waals surface area (Å²) in [6.07, 6.45) is 10.6. The van der Waals surface area contributed by atoms with Gasteiger partial charge in [0.25, 0.3) is 0 Å². The van der Waals surface area contributed by atoms with Gasteiger partial charge in [0.1, 0.15) is 0 Å². The summed E-state index contributed by atoms with van der Waals surface area (Å²) in [5, 5.41) is 18.7. The fraction of sp³-hybridized carbons (Fsp3) is 0.700. The number of carboxylic acids is 1. The van der Waals surface area contributed by atoms with E-state index in [1.54, 1.807) is 6.08 Å². The Balaban J connectivity index is 2.40. The van der Waals surface area contributed by atoms with Crippen LogP contribution in [0.4, 0.5) is 0 Å². The maximum absolute atomic E-state index is 11.8. The molecule has 0 bridgehead atoms. The highest BCUT2D eigenvalue weighted by Gasteiger charge is 2.32. The standard InChI is InChI=1S/C20H30O4/c1-2-3-6-9-17(21)14-12-16-13-15-19(22)18(16)10-7-4-5-8-11-20(23)24/h12,14,16,18-19,22H,2-3,5-6,8-11,13,15H2,1H3,(H,23,24). The van der Waals surface area contributed by atoms with E-state index in [1.165, 1.54) is 0 Å². The number of unbranched alkanes of at least 4 members (excludes halogenated alkanes) is 3. The molecule has 0 amide bonds. The van der Waals surface area contributed by atoms with Crippen molar-refractivity contribution in [3.8, 4) is 11.8 Å². The van der Waals surface area contributed by atoms with Gasteiger partial charge in [0.15, 0.2) is 5.78 Å². The van der Waals surface area contributed by atoms with Crippen molar-refractivity contribution in [1.82, 2.24) is 0 Å². The van der Waals surface area contributed by atoms with Crippen molar-refractivity contribution in [2.75, 3.05) is 0 Å². The van der Waals surface area contributed by atoms with Crippen molar-refractivity contribution in [2.45, 2.75) is 77.2 Å². The second kappa shape index (κ2) is 11.9. The predicted molar refractivity (Wildman–Crippen MR) is 94.4 cm³/mol. The van der Waals surface area contributed by atoms with Crippen LogP contribution in [0.3, 0.4) is 0 Å². The Bertz CT molecular complexity index is 484. The number of aliphatic hydroxyl groups is 1. The van der Waals surface area contributed by atoms with Crippen molar-refractivity contribution >= 4 is 11.8 Å². The molecule has 0 aromatic rings. The van der Waals surface area contributed by atoms with Crippen LogP contribution in [-0.2, 0) is 9.59 Å². The first-order chi connectivity index (χ1) is 11.5. The minimum atomic E-state index is -0.795. The predicted octanol–water partition coefficient (Wildman–Crippen LogP) is 3.73. The number of carbonyl (C=O) groups excluding carboxylic acids is 1. The van der Waals surface area contributed by atoms with Crippen molar-refractivity contribution in [1.29, 1.82) is 0 Å². The van der Waals surface area contributed by atoms with Gasteiger partial charge in [-0.25, -0.2) is 0 Å². The summed E-state index contributed by atoms with van der Waals surface area (Å²) in [6.45, 7) is 2.12. The number of aliphatic carboxylic acids is 1. The number of hydrogen-bond donors (Lipinski definition) is 2. The van der Waals surface area contributed by atoms with Crippen molar-refractivity contribution in [3.63, 3.8) is 0 Å². The highest BCUT2D eigenvalue weighted by molar-refractivity contribution is 5.89. The summed E-state index contributed by atoms with van der Waals surface area (Å²) in [7, 11) is 0. The van der Waals surface area contributed by atoms with Crippen LogP contribution in [0, 0.1) is 23.7 Å². The summed E-state index contributed by atoms with van der Waals surface area (Å²) >= 11 is 0. The molecule has 0 spiro atoms. The zero-order valence-electron chi connectivity index (χ0n) is 14.7. The van der Waals surface area contributed by atoms with Crippen LogP contribution in [0.15, 0.2) is 12.2 Å². The topological polar surface area (TPSA) is 74.6 Å². The van der Waals surface area contributed by atoms with E-state index >= 15 is 0 Å².